The van der Waals surface area contributed by atoms with E-state index in [0.717, 1.165) is 11.3 Å². The molecule has 2 aromatic carbocycles. The van der Waals surface area contributed by atoms with Crippen LogP contribution < -0.4 is 5.32 Å². The molecule has 24 heavy (non-hydrogen) atoms. The van der Waals surface area contributed by atoms with Gasteiger partial charge in [-0.1, -0.05) is 30.3 Å². The number of nitrogens with one attached hydrogen (secondary N) is 1. The maximum Gasteiger partial charge on any atom is 0.338 e. The van der Waals surface area contributed by atoms with Crippen LogP contribution in [0.5, 0.6) is 0 Å². The van der Waals surface area contributed by atoms with E-state index < -0.39 is 28.0 Å². The summed E-state index contributed by atoms with van der Waals surface area (Å²) in [5, 5.41) is 3.19. The van der Waals surface area contributed by atoms with Gasteiger partial charge in [0.05, 0.1) is 23.1 Å². The summed E-state index contributed by atoms with van der Waals surface area (Å²) in [6.07, 6.45) is -0.705. The molecule has 1 aliphatic rings. The Morgan fingerprint density at radius 3 is 2.54 bits per heavy atom. The standard InChI is InChI=1S/C18H19NO4S/c1-13-6-5-9-15(10-13)19-16-11-24(21,22)12-17(16)23-18(20)14-7-3-2-4-8-14/h2-10,16-17,19H,11-12H2,1H3/t16-,17+/m0/s1. The molecule has 0 amide bonds. The molecule has 1 fully saturated rings. The van der Waals surface area contributed by atoms with Crippen molar-refractivity contribution in [3.63, 3.8) is 0 Å². The van der Waals surface area contributed by atoms with Crippen molar-refractivity contribution >= 4 is 21.5 Å². The van der Waals surface area contributed by atoms with E-state index in [1.165, 1.54) is 0 Å². The second kappa shape index (κ2) is 6.65. The van der Waals surface area contributed by atoms with Crippen molar-refractivity contribution in [3.05, 3.63) is 65.7 Å². The lowest BCUT2D eigenvalue weighted by atomic mass is 10.1. The highest BCUT2D eigenvalue weighted by Crippen LogP contribution is 2.22. The number of ether oxygens (including phenoxy) is 1. The van der Waals surface area contributed by atoms with E-state index in [1.807, 2.05) is 31.2 Å². The van der Waals surface area contributed by atoms with Gasteiger partial charge in [0.1, 0.15) is 6.10 Å². The maximum absolute atomic E-state index is 12.2. The van der Waals surface area contributed by atoms with E-state index >= 15 is 0 Å². The third-order valence-electron chi connectivity index (χ3n) is 3.94. The van der Waals surface area contributed by atoms with Gasteiger partial charge in [0, 0.05) is 5.69 Å². The minimum atomic E-state index is -3.24. The third-order valence-corrected chi connectivity index (χ3v) is 5.64. The van der Waals surface area contributed by atoms with Crippen molar-refractivity contribution < 1.29 is 17.9 Å². The van der Waals surface area contributed by atoms with Gasteiger partial charge in [-0.05, 0) is 36.8 Å². The van der Waals surface area contributed by atoms with Crippen molar-refractivity contribution in [2.75, 3.05) is 16.8 Å². The Labute approximate surface area is 141 Å². The molecule has 0 bridgehead atoms. The van der Waals surface area contributed by atoms with Gasteiger partial charge in [-0.3, -0.25) is 0 Å². The molecule has 0 spiro atoms. The van der Waals surface area contributed by atoms with Crippen LogP contribution in [0.1, 0.15) is 15.9 Å². The van der Waals surface area contributed by atoms with E-state index in [4.69, 9.17) is 4.74 Å². The van der Waals surface area contributed by atoms with Crippen molar-refractivity contribution in [2.45, 2.75) is 19.1 Å². The average molecular weight is 345 g/mol. The van der Waals surface area contributed by atoms with Crippen LogP contribution in [-0.2, 0) is 14.6 Å². The molecule has 126 valence electrons. The molecule has 0 aliphatic carbocycles. The summed E-state index contributed by atoms with van der Waals surface area (Å²) in [5.41, 5.74) is 2.30. The zero-order valence-corrected chi connectivity index (χ0v) is 14.1. The number of hydrogen-bond donors (Lipinski definition) is 1. The van der Waals surface area contributed by atoms with E-state index in [0.29, 0.717) is 5.56 Å². The van der Waals surface area contributed by atoms with Crippen molar-refractivity contribution in [1.29, 1.82) is 0 Å². The molecular weight excluding hydrogens is 326 g/mol. The lowest BCUT2D eigenvalue weighted by molar-refractivity contribution is 0.0336. The largest absolute Gasteiger partial charge is 0.455 e. The zero-order chi connectivity index (χ0) is 17.2. The Kier molecular flexibility index (Phi) is 4.57. The van der Waals surface area contributed by atoms with Gasteiger partial charge in [0.15, 0.2) is 9.84 Å². The number of carbonyl (C=O) groups excluding carboxylic acids is 1. The van der Waals surface area contributed by atoms with Crippen molar-refractivity contribution in [2.24, 2.45) is 0 Å². The topological polar surface area (TPSA) is 72.5 Å². The van der Waals surface area contributed by atoms with Gasteiger partial charge in [0.25, 0.3) is 0 Å². The number of benzene rings is 2. The molecule has 0 saturated carbocycles. The first-order valence-electron chi connectivity index (χ1n) is 7.73. The van der Waals surface area contributed by atoms with Gasteiger partial charge in [-0.2, -0.15) is 0 Å². The minimum absolute atomic E-state index is 0.0479. The highest BCUT2D eigenvalue weighted by atomic mass is 32.2. The van der Waals surface area contributed by atoms with E-state index in [-0.39, 0.29) is 11.5 Å². The normalized spacial score (nSPS) is 22.0. The number of carbonyl (C=O) groups is 1. The molecule has 6 heteroatoms. The molecular formula is C18H19NO4S. The highest BCUT2D eigenvalue weighted by molar-refractivity contribution is 7.91. The molecule has 5 nitrogen and oxygen atoms in total. The van der Waals surface area contributed by atoms with Crippen LogP contribution >= 0.6 is 0 Å². The average Bonchev–Trinajstić information content (AvgIpc) is 2.81. The Hall–Kier alpha value is -2.34. The summed E-state index contributed by atoms with van der Waals surface area (Å²) >= 11 is 0. The molecule has 1 N–H and O–H groups in total. The van der Waals surface area contributed by atoms with Crippen LogP contribution in [0.3, 0.4) is 0 Å². The Bertz CT molecular complexity index is 833. The zero-order valence-electron chi connectivity index (χ0n) is 13.3. The second-order valence-electron chi connectivity index (χ2n) is 6.01. The fourth-order valence-electron chi connectivity index (χ4n) is 2.79. The van der Waals surface area contributed by atoms with Gasteiger partial charge in [0.2, 0.25) is 0 Å². The lowest BCUT2D eigenvalue weighted by Gasteiger charge is -2.21. The number of anilines is 1. The summed E-state index contributed by atoms with van der Waals surface area (Å²) in [5.74, 6) is -0.711. The minimum Gasteiger partial charge on any atom is -0.455 e. The molecule has 2 atom stereocenters. The molecule has 1 heterocycles. The Balaban J connectivity index is 1.76. The summed E-state index contributed by atoms with van der Waals surface area (Å²) in [7, 11) is -3.24. The monoisotopic (exact) mass is 345 g/mol. The van der Waals surface area contributed by atoms with Crippen LogP contribution in [0.2, 0.25) is 0 Å². The molecule has 1 saturated heterocycles. The van der Waals surface area contributed by atoms with E-state index in [1.54, 1.807) is 30.3 Å². The van der Waals surface area contributed by atoms with E-state index in [2.05, 4.69) is 5.32 Å². The van der Waals surface area contributed by atoms with Gasteiger partial charge in [-0.15, -0.1) is 0 Å². The first kappa shape index (κ1) is 16.5. The Morgan fingerprint density at radius 1 is 1.08 bits per heavy atom. The smallest absolute Gasteiger partial charge is 0.338 e. The van der Waals surface area contributed by atoms with Crippen LogP contribution in [-0.4, -0.2) is 38.0 Å². The van der Waals surface area contributed by atoms with Crippen LogP contribution in [0.25, 0.3) is 0 Å². The molecule has 0 aromatic heterocycles. The number of aryl methyl sites for hydroxylation is 1. The molecule has 0 radical (unpaired) electrons. The van der Waals surface area contributed by atoms with Crippen LogP contribution in [0.4, 0.5) is 5.69 Å². The molecule has 0 unspecified atom stereocenters. The van der Waals surface area contributed by atoms with Crippen molar-refractivity contribution in [1.82, 2.24) is 0 Å². The highest BCUT2D eigenvalue weighted by Gasteiger charge is 2.40. The fraction of sp³-hybridized carbons (Fsp3) is 0.278. The third kappa shape index (κ3) is 3.94. The van der Waals surface area contributed by atoms with Crippen molar-refractivity contribution in [3.8, 4) is 0 Å². The quantitative estimate of drug-likeness (QED) is 0.862. The molecule has 2 aromatic rings. The van der Waals surface area contributed by atoms with Crippen LogP contribution in [0, 0.1) is 6.92 Å². The number of rotatable bonds is 4. The van der Waals surface area contributed by atoms with Crippen LogP contribution in [0.15, 0.2) is 54.6 Å². The number of hydrogen-bond acceptors (Lipinski definition) is 5. The van der Waals surface area contributed by atoms with E-state index in [9.17, 15) is 13.2 Å². The SMILES string of the molecule is Cc1cccc(N[C@H]2CS(=O)(=O)C[C@H]2OC(=O)c2ccccc2)c1. The fourth-order valence-corrected chi connectivity index (χ4v) is 4.58. The summed E-state index contributed by atoms with van der Waals surface area (Å²) in [6, 6.07) is 15.8. The summed E-state index contributed by atoms with van der Waals surface area (Å²) in [6.45, 7) is 1.96. The predicted molar refractivity (Wildman–Crippen MR) is 92.9 cm³/mol. The van der Waals surface area contributed by atoms with Gasteiger partial charge < -0.3 is 10.1 Å². The Morgan fingerprint density at radius 2 is 1.83 bits per heavy atom. The first-order chi connectivity index (χ1) is 11.4. The number of esters is 1. The molecule has 1 aliphatic heterocycles. The number of sulfone groups is 1. The first-order valence-corrected chi connectivity index (χ1v) is 9.55. The van der Waals surface area contributed by atoms with Gasteiger partial charge >= 0.3 is 5.97 Å². The van der Waals surface area contributed by atoms with Gasteiger partial charge in [-0.25, -0.2) is 13.2 Å². The lowest BCUT2D eigenvalue weighted by Crippen LogP contribution is -2.36. The second-order valence-corrected chi connectivity index (χ2v) is 8.16. The summed E-state index contributed by atoms with van der Waals surface area (Å²) < 4.78 is 29.5. The molecule has 3 rings (SSSR count). The summed E-state index contributed by atoms with van der Waals surface area (Å²) in [4.78, 5) is 12.2. The maximum atomic E-state index is 12.2. The predicted octanol–water partition coefficient (Wildman–Crippen LogP) is 2.43.